The largest absolute Gasteiger partial charge is 0.356 e. The Hall–Kier alpha value is -1.41. The molecule has 1 aliphatic heterocycles. The SMILES string of the molecule is CC(=O)NCC1CCN(S(=O)(=O)c2cnc(C)[nH]2)CC1. The average Bonchev–Trinajstić information content (AvgIpc) is 2.84. The third-order valence-electron chi connectivity index (χ3n) is 3.51. The van der Waals surface area contributed by atoms with Crippen molar-refractivity contribution in [2.45, 2.75) is 31.7 Å². The van der Waals surface area contributed by atoms with E-state index in [1.165, 1.54) is 17.4 Å². The number of H-pyrrole nitrogens is 1. The van der Waals surface area contributed by atoms with Gasteiger partial charge in [-0.25, -0.2) is 13.4 Å². The highest BCUT2D eigenvalue weighted by molar-refractivity contribution is 7.89. The summed E-state index contributed by atoms with van der Waals surface area (Å²) in [5, 5.41) is 2.93. The number of sulfonamides is 1. The first-order valence-electron chi connectivity index (χ1n) is 6.66. The molecule has 0 atom stereocenters. The van der Waals surface area contributed by atoms with Crippen molar-refractivity contribution >= 4 is 15.9 Å². The van der Waals surface area contributed by atoms with E-state index in [1.807, 2.05) is 0 Å². The Bertz CT molecular complexity index is 573. The van der Waals surface area contributed by atoms with Crippen LogP contribution in [0, 0.1) is 12.8 Å². The van der Waals surface area contributed by atoms with E-state index in [1.54, 1.807) is 6.92 Å². The van der Waals surface area contributed by atoms with E-state index in [9.17, 15) is 13.2 Å². The fraction of sp³-hybridized carbons (Fsp3) is 0.667. The fourth-order valence-corrected chi connectivity index (χ4v) is 3.74. The molecule has 0 aliphatic carbocycles. The lowest BCUT2D eigenvalue weighted by molar-refractivity contribution is -0.119. The van der Waals surface area contributed by atoms with E-state index >= 15 is 0 Å². The van der Waals surface area contributed by atoms with Crippen molar-refractivity contribution in [2.24, 2.45) is 5.92 Å². The quantitative estimate of drug-likeness (QED) is 0.833. The number of carbonyl (C=O) groups excluding carboxylic acids is 1. The first-order chi connectivity index (χ1) is 9.39. The first kappa shape index (κ1) is 15.0. The van der Waals surface area contributed by atoms with E-state index in [-0.39, 0.29) is 10.9 Å². The lowest BCUT2D eigenvalue weighted by atomic mass is 9.98. The molecule has 1 amide bonds. The summed E-state index contributed by atoms with van der Waals surface area (Å²) >= 11 is 0. The highest BCUT2D eigenvalue weighted by Gasteiger charge is 2.30. The van der Waals surface area contributed by atoms with Crippen molar-refractivity contribution in [1.29, 1.82) is 0 Å². The van der Waals surface area contributed by atoms with E-state index in [0.717, 1.165) is 12.8 Å². The standard InChI is InChI=1S/C12H20N4O3S/c1-9-13-8-12(15-9)20(18,19)16-5-3-11(4-6-16)7-14-10(2)17/h8,11H,3-7H2,1-2H3,(H,13,15)(H,14,17). The highest BCUT2D eigenvalue weighted by atomic mass is 32.2. The summed E-state index contributed by atoms with van der Waals surface area (Å²) in [5.74, 6) is 0.881. The third kappa shape index (κ3) is 3.37. The van der Waals surface area contributed by atoms with E-state index in [2.05, 4.69) is 15.3 Å². The van der Waals surface area contributed by atoms with Crippen molar-refractivity contribution in [3.63, 3.8) is 0 Å². The Morgan fingerprint density at radius 3 is 2.65 bits per heavy atom. The zero-order chi connectivity index (χ0) is 14.8. The molecule has 1 saturated heterocycles. The van der Waals surface area contributed by atoms with Gasteiger partial charge < -0.3 is 10.3 Å². The third-order valence-corrected chi connectivity index (χ3v) is 5.32. The first-order valence-corrected chi connectivity index (χ1v) is 8.10. The number of carbonyl (C=O) groups is 1. The summed E-state index contributed by atoms with van der Waals surface area (Å²) < 4.78 is 26.2. The molecule has 2 heterocycles. The number of nitrogens with zero attached hydrogens (tertiary/aromatic N) is 2. The number of hydrogen-bond acceptors (Lipinski definition) is 4. The average molecular weight is 300 g/mol. The van der Waals surface area contributed by atoms with Crippen LogP contribution in [0.1, 0.15) is 25.6 Å². The molecule has 112 valence electrons. The van der Waals surface area contributed by atoms with Crippen LogP contribution in [-0.4, -0.2) is 48.2 Å². The van der Waals surface area contributed by atoms with Gasteiger partial charge in [0.2, 0.25) is 5.91 Å². The number of aromatic nitrogens is 2. The van der Waals surface area contributed by atoms with Crippen molar-refractivity contribution < 1.29 is 13.2 Å². The molecule has 7 nitrogen and oxygen atoms in total. The van der Waals surface area contributed by atoms with E-state index in [4.69, 9.17) is 0 Å². The summed E-state index contributed by atoms with van der Waals surface area (Å²) in [6.45, 7) is 4.78. The van der Waals surface area contributed by atoms with Gasteiger partial charge in [0.25, 0.3) is 10.0 Å². The molecule has 2 N–H and O–H groups in total. The van der Waals surface area contributed by atoms with Crippen LogP contribution in [0.5, 0.6) is 0 Å². The van der Waals surface area contributed by atoms with Gasteiger partial charge in [-0.1, -0.05) is 0 Å². The molecule has 20 heavy (non-hydrogen) atoms. The Balaban J connectivity index is 1.95. The van der Waals surface area contributed by atoms with Crippen molar-refractivity contribution in [1.82, 2.24) is 19.6 Å². The van der Waals surface area contributed by atoms with Gasteiger partial charge in [0.1, 0.15) is 5.82 Å². The zero-order valence-corrected chi connectivity index (χ0v) is 12.5. The molecule has 0 bridgehead atoms. The molecule has 0 radical (unpaired) electrons. The van der Waals surface area contributed by atoms with Crippen LogP contribution < -0.4 is 5.32 Å². The smallest absolute Gasteiger partial charge is 0.260 e. The van der Waals surface area contributed by atoms with Crippen molar-refractivity contribution in [3.05, 3.63) is 12.0 Å². The number of piperidine rings is 1. The van der Waals surface area contributed by atoms with Gasteiger partial charge in [-0.3, -0.25) is 4.79 Å². The number of nitrogens with one attached hydrogen (secondary N) is 2. The van der Waals surface area contributed by atoms with Gasteiger partial charge in [-0.15, -0.1) is 0 Å². The van der Waals surface area contributed by atoms with Crippen LogP contribution in [0.2, 0.25) is 0 Å². The maximum absolute atomic E-state index is 12.4. The lowest BCUT2D eigenvalue weighted by Gasteiger charge is -2.30. The molecular formula is C12H20N4O3S. The Kier molecular flexibility index (Phi) is 4.44. The maximum Gasteiger partial charge on any atom is 0.260 e. The molecule has 0 aromatic carbocycles. The monoisotopic (exact) mass is 300 g/mol. The molecule has 0 saturated carbocycles. The van der Waals surface area contributed by atoms with Gasteiger partial charge in [-0.05, 0) is 25.7 Å². The molecule has 0 unspecified atom stereocenters. The normalized spacial score (nSPS) is 18.1. The lowest BCUT2D eigenvalue weighted by Crippen LogP contribution is -2.41. The van der Waals surface area contributed by atoms with Crippen molar-refractivity contribution in [2.75, 3.05) is 19.6 Å². The number of hydrogen-bond donors (Lipinski definition) is 2. The number of amides is 1. The summed E-state index contributed by atoms with van der Waals surface area (Å²) in [6.07, 6.45) is 2.87. The van der Waals surface area contributed by atoms with Crippen LogP contribution in [-0.2, 0) is 14.8 Å². The van der Waals surface area contributed by atoms with Crippen LogP contribution in [0.4, 0.5) is 0 Å². The Labute approximate surface area is 118 Å². The van der Waals surface area contributed by atoms with E-state index < -0.39 is 10.0 Å². The second kappa shape index (κ2) is 5.92. The minimum absolute atomic E-state index is 0.0482. The van der Waals surface area contributed by atoms with Crippen molar-refractivity contribution in [3.8, 4) is 0 Å². The van der Waals surface area contributed by atoms with Gasteiger partial charge in [0, 0.05) is 26.6 Å². The van der Waals surface area contributed by atoms with Gasteiger partial charge in [0.15, 0.2) is 5.03 Å². The Morgan fingerprint density at radius 2 is 2.15 bits per heavy atom. The molecule has 1 fully saturated rings. The molecule has 0 spiro atoms. The zero-order valence-electron chi connectivity index (χ0n) is 11.7. The molecule has 1 aromatic heterocycles. The second-order valence-electron chi connectivity index (χ2n) is 5.12. The molecular weight excluding hydrogens is 280 g/mol. The minimum Gasteiger partial charge on any atom is -0.356 e. The number of imidazole rings is 1. The predicted molar refractivity (Wildman–Crippen MR) is 73.5 cm³/mol. The molecule has 2 rings (SSSR count). The minimum atomic E-state index is -3.47. The maximum atomic E-state index is 12.4. The predicted octanol–water partition coefficient (Wildman–Crippen LogP) is 0.255. The topological polar surface area (TPSA) is 95.2 Å². The highest BCUT2D eigenvalue weighted by Crippen LogP contribution is 2.22. The number of aryl methyl sites for hydroxylation is 1. The van der Waals surface area contributed by atoms with Gasteiger partial charge in [-0.2, -0.15) is 4.31 Å². The van der Waals surface area contributed by atoms with Crippen LogP contribution in [0.15, 0.2) is 11.2 Å². The van der Waals surface area contributed by atoms with Crippen LogP contribution in [0.3, 0.4) is 0 Å². The molecule has 1 aliphatic rings. The molecule has 1 aromatic rings. The van der Waals surface area contributed by atoms with Crippen LogP contribution >= 0.6 is 0 Å². The summed E-state index contributed by atoms with van der Waals surface area (Å²) in [4.78, 5) is 17.6. The number of rotatable bonds is 4. The van der Waals surface area contributed by atoms with Gasteiger partial charge in [0.05, 0.1) is 6.20 Å². The number of aromatic amines is 1. The van der Waals surface area contributed by atoms with E-state index in [0.29, 0.717) is 31.4 Å². The molecule has 8 heteroatoms. The second-order valence-corrected chi connectivity index (χ2v) is 7.02. The Morgan fingerprint density at radius 1 is 1.50 bits per heavy atom. The fourth-order valence-electron chi connectivity index (χ4n) is 2.31. The summed E-state index contributed by atoms with van der Waals surface area (Å²) in [7, 11) is -3.47. The van der Waals surface area contributed by atoms with Gasteiger partial charge >= 0.3 is 0 Å². The summed E-state index contributed by atoms with van der Waals surface area (Å²) in [6, 6.07) is 0. The summed E-state index contributed by atoms with van der Waals surface area (Å²) in [5.41, 5.74) is 0. The van der Waals surface area contributed by atoms with Crippen LogP contribution in [0.25, 0.3) is 0 Å².